The molecule has 0 aromatic heterocycles. The van der Waals surface area contributed by atoms with Crippen molar-refractivity contribution in [1.29, 1.82) is 0 Å². The van der Waals surface area contributed by atoms with E-state index in [9.17, 15) is 125 Å². The van der Waals surface area contributed by atoms with E-state index in [4.69, 9.17) is 24.4 Å². The molecule has 12 aromatic carbocycles. The molecule has 744 valence electrons. The van der Waals surface area contributed by atoms with Gasteiger partial charge in [0.1, 0.15) is 29.6 Å². The monoisotopic (exact) mass is 2050 g/mol. The van der Waals surface area contributed by atoms with Gasteiger partial charge in [0.2, 0.25) is 0 Å². The van der Waals surface area contributed by atoms with Gasteiger partial charge in [-0.1, -0.05) is 185 Å². The van der Waals surface area contributed by atoms with Crippen LogP contribution in [0.15, 0.2) is 336 Å². The van der Waals surface area contributed by atoms with Gasteiger partial charge in [0, 0.05) is 53.4 Å². The van der Waals surface area contributed by atoms with Gasteiger partial charge in [0.15, 0.2) is 23.1 Å². The molecule has 2 atom stereocenters. The maximum absolute atomic E-state index is 13.0. The summed E-state index contributed by atoms with van der Waals surface area (Å²) in [5, 5.41) is 10.6. The van der Waals surface area contributed by atoms with E-state index in [0.717, 1.165) is 72.8 Å². The van der Waals surface area contributed by atoms with Crippen molar-refractivity contribution in [2.24, 2.45) is 0 Å². The molecule has 0 spiro atoms. The summed E-state index contributed by atoms with van der Waals surface area (Å²) in [6.45, 7) is 7.49. The summed E-state index contributed by atoms with van der Waals surface area (Å²) in [4.78, 5) is 100.0. The van der Waals surface area contributed by atoms with E-state index in [1.165, 1.54) is 97.1 Å². The van der Waals surface area contributed by atoms with E-state index in [1.807, 2.05) is 0 Å². The first kappa shape index (κ1) is 104. The van der Waals surface area contributed by atoms with Crippen LogP contribution in [0.3, 0.4) is 0 Å². The van der Waals surface area contributed by atoms with E-state index in [2.05, 4.69) is 34.4 Å². The molecule has 40 heteroatoms. The molecule has 0 fully saturated rings. The zero-order valence-electron chi connectivity index (χ0n) is 78.3. The van der Waals surface area contributed by atoms with Gasteiger partial charge in [-0.2, -0.15) is 52.7 Å². The standard InChI is InChI=1S/C26H24F3NO5S.C26H22F3NO5S.C25H22F3NO5S.C25H20F3NO5S/c2*1-2-3-15-35-24-14-7-5-12-21(24)25(32)30-22-13-6-4-11-20(22)23(31)17-18-9-8-10-19(16-18)36(33,34)26(27,28)29;2*1-2-14-34-23-13-6-4-11-20(23)24(31)29-21-12-5-3-10-19(21)22(30)16-17-8-7-9-18(15-17)35(32,33)25(26,27)28/h4-14,16H,2-3,15,17H2,1H3,(H,30,32);2,4-14,16H,1,3,15,17H2,(H,30,32);3-13,15H,2,14,16H2,1H3,(H,29,31);2-13,15H,1,14,16H2,(H,29,31)/i1T,2T;;1T,2T;. The Labute approximate surface area is 814 Å². The number of hydrogen-bond acceptors (Lipinski definition) is 20. The molecule has 12 aromatic rings. The fourth-order valence-electron chi connectivity index (χ4n) is 13.0. The Morgan fingerprint density at radius 1 is 0.296 bits per heavy atom. The summed E-state index contributed by atoms with van der Waals surface area (Å²) < 4.78 is 300. The summed E-state index contributed by atoms with van der Waals surface area (Å²) >= 11 is 0. The molecular weight excluding hydrogens is 1960 g/mol. The molecular formula is C102H88F12N4O20S4. The molecule has 0 aliphatic heterocycles. The van der Waals surface area contributed by atoms with Crippen LogP contribution in [0.2, 0.25) is 0 Å². The van der Waals surface area contributed by atoms with Gasteiger partial charge in [-0.3, -0.25) is 38.4 Å². The smallest absolute Gasteiger partial charge is 0.493 e. The van der Waals surface area contributed by atoms with Crippen molar-refractivity contribution in [1.82, 2.24) is 0 Å². The number of benzene rings is 12. The van der Waals surface area contributed by atoms with Crippen molar-refractivity contribution in [3.63, 3.8) is 0 Å². The first-order chi connectivity index (χ1) is 69.0. The van der Waals surface area contributed by atoms with Crippen LogP contribution in [0.4, 0.5) is 75.4 Å². The van der Waals surface area contributed by atoms with Gasteiger partial charge in [0.25, 0.3) is 63.0 Å². The minimum atomic E-state index is -5.57. The molecule has 4 amide bonds. The van der Waals surface area contributed by atoms with Crippen LogP contribution in [-0.4, -0.2) is 129 Å². The SMILES string of the molecule is C=CCCOc1ccccc1C(=O)Nc1ccccc1C(=O)Cc1cccc(S(=O)(=O)C(F)(F)F)c1.C=CCOc1ccccc1C(=O)Nc1ccccc1C(=O)Cc1cccc(S(=O)(=O)C(F)(F)F)c1.[3H]CC([3H])CCOc1ccccc1C(=O)Nc1ccccc1C(=O)Cc1cccc(S(=O)(=O)C(F)(F)F)c1.[3H]CC([3H])COc1ccccc1C(=O)Nc1ccccc1C(=O)Cc1cccc(S(=O)(=O)C(F)(F)F)c1. The lowest BCUT2D eigenvalue weighted by Crippen LogP contribution is -2.23. The summed E-state index contributed by atoms with van der Waals surface area (Å²) in [6, 6.07) is 66.4. The van der Waals surface area contributed by atoms with Gasteiger partial charge < -0.3 is 40.2 Å². The largest absolute Gasteiger partial charge is 0.501 e. The number of alkyl halides is 12. The van der Waals surface area contributed by atoms with Crippen LogP contribution in [-0.2, 0) is 65.0 Å². The van der Waals surface area contributed by atoms with Crippen molar-refractivity contribution in [3.8, 4) is 23.0 Å². The quantitative estimate of drug-likeness (QED) is 0.0121. The topological polar surface area (TPSA) is 358 Å². The highest BCUT2D eigenvalue weighted by Gasteiger charge is 2.50. The number of halogens is 12. The van der Waals surface area contributed by atoms with Crippen molar-refractivity contribution in [2.75, 3.05) is 47.7 Å². The summed E-state index contributed by atoms with van der Waals surface area (Å²) in [6.07, 6.45) is 1.12. The fourth-order valence-corrected chi connectivity index (χ4v) is 16.3. The van der Waals surface area contributed by atoms with Gasteiger partial charge in [-0.25, -0.2) is 33.7 Å². The Bertz CT molecular complexity index is 7270. The maximum Gasteiger partial charge on any atom is 0.501 e. The Hall–Kier alpha value is -15.2. The molecule has 0 saturated carbocycles. The van der Waals surface area contributed by atoms with E-state index in [0.29, 0.717) is 30.9 Å². The van der Waals surface area contributed by atoms with Crippen molar-refractivity contribution in [3.05, 3.63) is 383 Å². The Morgan fingerprint density at radius 2 is 0.528 bits per heavy atom. The number of carbonyl (C=O) groups excluding carboxylic acids is 8. The average molecular weight is 2050 g/mol. The number of ketones is 4. The number of rotatable bonds is 38. The molecule has 12 rings (SSSR count). The third-order valence-corrected chi connectivity index (χ3v) is 25.8. The number of para-hydroxylation sites is 8. The Balaban J connectivity index is 0.000000217. The van der Waals surface area contributed by atoms with E-state index >= 15 is 0 Å². The summed E-state index contributed by atoms with van der Waals surface area (Å²) in [7, 11) is -22.2. The lowest BCUT2D eigenvalue weighted by molar-refractivity contribution is -0.0442. The maximum atomic E-state index is 13.0. The highest BCUT2D eigenvalue weighted by atomic mass is 32.2. The molecule has 0 bridgehead atoms. The molecule has 142 heavy (non-hydrogen) atoms. The van der Waals surface area contributed by atoms with E-state index < -0.39 is 153 Å². The lowest BCUT2D eigenvalue weighted by atomic mass is 10.0. The molecule has 0 radical (unpaired) electrons. The number of ether oxygens (including phenoxy) is 4. The van der Waals surface area contributed by atoms with Crippen molar-refractivity contribution < 1.29 is 149 Å². The Morgan fingerprint density at radius 3 is 0.775 bits per heavy atom. The number of nitrogens with one attached hydrogen (secondary N) is 4. The van der Waals surface area contributed by atoms with Crippen LogP contribution in [0.1, 0.15) is 150 Å². The predicted octanol–water partition coefficient (Wildman–Crippen LogP) is 22.1. The van der Waals surface area contributed by atoms with Crippen LogP contribution < -0.4 is 40.2 Å². The molecule has 4 N–H and O–H groups in total. The fraction of sp³-hybridized carbons (Fsp3) is 0.176. The lowest BCUT2D eigenvalue weighted by Gasteiger charge is -2.14. The molecule has 0 aliphatic carbocycles. The van der Waals surface area contributed by atoms with Crippen LogP contribution in [0.5, 0.6) is 23.0 Å². The van der Waals surface area contributed by atoms with E-state index in [-0.39, 0.29) is 147 Å². The van der Waals surface area contributed by atoms with E-state index in [1.54, 1.807) is 133 Å². The van der Waals surface area contributed by atoms with Gasteiger partial charge in [-0.15, -0.1) is 6.58 Å². The van der Waals surface area contributed by atoms with Crippen LogP contribution in [0, 0.1) is 0 Å². The third kappa shape index (κ3) is 29.5. The summed E-state index contributed by atoms with van der Waals surface area (Å²) in [5.74, 6) is -3.31. The van der Waals surface area contributed by atoms with Gasteiger partial charge in [-0.05, 0) is 187 Å². The molecule has 24 nitrogen and oxygen atoms in total. The second kappa shape index (κ2) is 49.6. The van der Waals surface area contributed by atoms with Crippen molar-refractivity contribution in [2.45, 2.75) is 107 Å². The number of Topliss-reactive ketones (excluding diaryl/α,β-unsaturated/α-hetero) is 4. The second-order valence-electron chi connectivity index (χ2n) is 29.8. The summed E-state index contributed by atoms with van der Waals surface area (Å²) in [5.41, 5.74) is -19.8. The zero-order chi connectivity index (χ0) is 107. The van der Waals surface area contributed by atoms with Gasteiger partial charge in [0.05, 0.1) is 84.4 Å². The highest BCUT2D eigenvalue weighted by Crippen LogP contribution is 2.38. The predicted molar refractivity (Wildman–Crippen MR) is 506 cm³/mol. The molecule has 0 heterocycles. The third-order valence-electron chi connectivity index (χ3n) is 19.8. The zero-order valence-corrected chi connectivity index (χ0v) is 77.5. The first-order valence-corrected chi connectivity index (χ1v) is 47.8. The number of amides is 4. The second-order valence-corrected chi connectivity index (χ2v) is 37.6. The normalized spacial score (nSPS) is 12.4. The number of sulfone groups is 4. The van der Waals surface area contributed by atoms with Crippen LogP contribution in [0.25, 0.3) is 0 Å². The number of hydrogen-bond donors (Lipinski definition) is 4. The molecule has 0 saturated heterocycles. The van der Waals surface area contributed by atoms with Crippen molar-refractivity contribution >= 4 is 109 Å². The van der Waals surface area contributed by atoms with Gasteiger partial charge >= 0.3 is 22.0 Å². The minimum absolute atomic E-state index is 0.0505. The van der Waals surface area contributed by atoms with Crippen LogP contribution >= 0.6 is 0 Å². The minimum Gasteiger partial charge on any atom is -0.493 e. The highest BCUT2D eigenvalue weighted by molar-refractivity contribution is 7.93. The molecule has 2 unspecified atom stereocenters. The first-order valence-electron chi connectivity index (χ1n) is 44.4. The number of carbonyl (C=O) groups is 8. The molecule has 0 aliphatic rings. The average Bonchev–Trinajstić information content (AvgIpc) is 0.795. The number of anilines is 4. The Kier molecular flexibility index (Phi) is 36.4.